The van der Waals surface area contributed by atoms with Crippen LogP contribution in [0.1, 0.15) is 0 Å². The van der Waals surface area contributed by atoms with Crippen molar-refractivity contribution in [1.29, 1.82) is 0 Å². The summed E-state index contributed by atoms with van der Waals surface area (Å²) in [5, 5.41) is 0.885. The van der Waals surface area contributed by atoms with Gasteiger partial charge in [-0.3, -0.25) is 4.79 Å². The fourth-order valence-corrected chi connectivity index (χ4v) is 2.67. The molecule has 2 aromatic rings. The highest BCUT2D eigenvalue weighted by Gasteiger charge is 2.16. The van der Waals surface area contributed by atoms with Crippen molar-refractivity contribution in [3.05, 3.63) is 27.9 Å². The highest BCUT2D eigenvalue weighted by Crippen LogP contribution is 2.23. The fourth-order valence-electron chi connectivity index (χ4n) is 1.76. The first-order valence-electron chi connectivity index (χ1n) is 6.18. The van der Waals surface area contributed by atoms with Crippen LogP contribution in [0.5, 0.6) is 0 Å². The van der Waals surface area contributed by atoms with Crippen molar-refractivity contribution in [2.45, 2.75) is 10.3 Å². The van der Waals surface area contributed by atoms with E-state index in [0.29, 0.717) is 42.6 Å². The molecule has 0 aromatic carbocycles. The Hall–Kier alpha value is -1.71. The van der Waals surface area contributed by atoms with Crippen molar-refractivity contribution in [3.8, 4) is 0 Å². The molecule has 1 N–H and O–H groups in total. The zero-order valence-corrected chi connectivity index (χ0v) is 12.4. The summed E-state index contributed by atoms with van der Waals surface area (Å²) in [5.41, 5.74) is -0.235. The number of H-pyrrole nitrogens is 1. The van der Waals surface area contributed by atoms with E-state index in [9.17, 15) is 4.79 Å². The van der Waals surface area contributed by atoms with E-state index in [1.807, 2.05) is 4.90 Å². The molecule has 1 aliphatic rings. The van der Waals surface area contributed by atoms with Crippen LogP contribution in [0.2, 0.25) is 5.28 Å². The fraction of sp³-hybridized carbons (Fsp3) is 0.364. The van der Waals surface area contributed by atoms with Gasteiger partial charge in [-0.05, 0) is 23.4 Å². The van der Waals surface area contributed by atoms with Crippen molar-refractivity contribution in [1.82, 2.24) is 24.9 Å². The van der Waals surface area contributed by atoms with Crippen LogP contribution in [0.25, 0.3) is 0 Å². The number of aromatic amines is 1. The van der Waals surface area contributed by atoms with Crippen molar-refractivity contribution >= 4 is 29.3 Å². The molecule has 0 spiro atoms. The predicted octanol–water partition coefficient (Wildman–Crippen LogP) is 0.596. The molecule has 21 heavy (non-hydrogen) atoms. The third-order valence-corrected chi connectivity index (χ3v) is 3.64. The molecule has 8 nitrogen and oxygen atoms in total. The molecular formula is C11H11ClN6O2S. The molecule has 3 rings (SSSR count). The Morgan fingerprint density at radius 3 is 2.86 bits per heavy atom. The Labute approximate surface area is 129 Å². The summed E-state index contributed by atoms with van der Waals surface area (Å²) in [7, 11) is 0. The molecule has 10 heteroatoms. The molecule has 0 bridgehead atoms. The van der Waals surface area contributed by atoms with Gasteiger partial charge in [0.2, 0.25) is 16.4 Å². The van der Waals surface area contributed by atoms with E-state index < -0.39 is 0 Å². The lowest BCUT2D eigenvalue weighted by Crippen LogP contribution is -2.37. The van der Waals surface area contributed by atoms with E-state index in [1.165, 1.54) is 12.3 Å². The SMILES string of the molecule is O=c1ccnc(Sc2nc(Cl)nc(N3CCOCC3)n2)[nH]1. The normalized spacial score (nSPS) is 15.2. The van der Waals surface area contributed by atoms with Gasteiger partial charge in [0.05, 0.1) is 13.2 Å². The molecular weight excluding hydrogens is 316 g/mol. The van der Waals surface area contributed by atoms with Gasteiger partial charge in [0, 0.05) is 25.4 Å². The number of nitrogens with one attached hydrogen (secondary N) is 1. The largest absolute Gasteiger partial charge is 0.378 e. The highest BCUT2D eigenvalue weighted by molar-refractivity contribution is 7.99. The number of halogens is 1. The van der Waals surface area contributed by atoms with E-state index in [1.54, 1.807) is 0 Å². The van der Waals surface area contributed by atoms with E-state index in [2.05, 4.69) is 24.9 Å². The standard InChI is InChI=1S/C11H11ClN6O2S/c12-8-15-9(18-3-5-20-6-4-18)17-11(16-8)21-10-13-2-1-7(19)14-10/h1-2H,3-6H2,(H,13,14,19). The zero-order chi connectivity index (χ0) is 14.7. The minimum Gasteiger partial charge on any atom is -0.378 e. The molecule has 3 heterocycles. The van der Waals surface area contributed by atoms with E-state index in [0.717, 1.165) is 11.8 Å². The molecule has 1 aliphatic heterocycles. The molecule has 0 radical (unpaired) electrons. The first-order valence-corrected chi connectivity index (χ1v) is 7.37. The average Bonchev–Trinajstić information content (AvgIpc) is 2.47. The summed E-state index contributed by atoms with van der Waals surface area (Å²) in [6.07, 6.45) is 1.42. The Kier molecular flexibility index (Phi) is 4.32. The number of morpholine rings is 1. The summed E-state index contributed by atoms with van der Waals surface area (Å²) in [4.78, 5) is 32.4. The summed E-state index contributed by atoms with van der Waals surface area (Å²) >= 11 is 7.06. The Morgan fingerprint density at radius 1 is 1.29 bits per heavy atom. The van der Waals surface area contributed by atoms with E-state index >= 15 is 0 Å². The number of hydrogen-bond acceptors (Lipinski definition) is 8. The highest BCUT2D eigenvalue weighted by atomic mass is 35.5. The van der Waals surface area contributed by atoms with Gasteiger partial charge in [-0.15, -0.1) is 0 Å². The van der Waals surface area contributed by atoms with Gasteiger partial charge in [0.15, 0.2) is 5.16 Å². The molecule has 1 fully saturated rings. The lowest BCUT2D eigenvalue weighted by atomic mass is 10.4. The average molecular weight is 327 g/mol. The lowest BCUT2D eigenvalue weighted by Gasteiger charge is -2.26. The monoisotopic (exact) mass is 326 g/mol. The van der Waals surface area contributed by atoms with Crippen LogP contribution in [0.4, 0.5) is 5.95 Å². The molecule has 110 valence electrons. The van der Waals surface area contributed by atoms with Gasteiger partial charge >= 0.3 is 0 Å². The van der Waals surface area contributed by atoms with Crippen molar-refractivity contribution in [2.75, 3.05) is 31.2 Å². The molecule has 0 unspecified atom stereocenters. The van der Waals surface area contributed by atoms with Crippen LogP contribution < -0.4 is 10.5 Å². The zero-order valence-electron chi connectivity index (χ0n) is 10.8. The summed E-state index contributed by atoms with van der Waals surface area (Å²) in [6, 6.07) is 1.34. The van der Waals surface area contributed by atoms with Crippen LogP contribution >= 0.6 is 23.4 Å². The lowest BCUT2D eigenvalue weighted by molar-refractivity contribution is 0.122. The first-order chi connectivity index (χ1) is 10.2. The summed E-state index contributed by atoms with van der Waals surface area (Å²) in [6.45, 7) is 2.65. The molecule has 2 aromatic heterocycles. The van der Waals surface area contributed by atoms with Crippen LogP contribution in [0.15, 0.2) is 27.4 Å². The van der Waals surface area contributed by atoms with E-state index in [4.69, 9.17) is 16.3 Å². The Morgan fingerprint density at radius 2 is 2.10 bits per heavy atom. The van der Waals surface area contributed by atoms with Crippen LogP contribution in [-0.2, 0) is 4.74 Å². The molecule has 0 saturated carbocycles. The number of anilines is 1. The predicted molar refractivity (Wildman–Crippen MR) is 76.8 cm³/mol. The maximum atomic E-state index is 11.3. The van der Waals surface area contributed by atoms with Crippen molar-refractivity contribution in [2.24, 2.45) is 0 Å². The first kappa shape index (κ1) is 14.2. The van der Waals surface area contributed by atoms with Crippen LogP contribution in [-0.4, -0.2) is 51.2 Å². The second kappa shape index (κ2) is 6.37. The van der Waals surface area contributed by atoms with Crippen molar-refractivity contribution < 1.29 is 4.74 Å². The third kappa shape index (κ3) is 3.69. The maximum Gasteiger partial charge on any atom is 0.251 e. The maximum absolute atomic E-state index is 11.3. The van der Waals surface area contributed by atoms with E-state index in [-0.39, 0.29) is 10.8 Å². The Balaban J connectivity index is 1.85. The molecule has 0 amide bonds. The third-order valence-electron chi connectivity index (χ3n) is 2.71. The number of nitrogens with zero attached hydrogens (tertiary/aromatic N) is 5. The number of aromatic nitrogens is 5. The second-order valence-electron chi connectivity index (χ2n) is 4.13. The van der Waals surface area contributed by atoms with Crippen LogP contribution in [0, 0.1) is 0 Å². The van der Waals surface area contributed by atoms with Crippen molar-refractivity contribution in [3.63, 3.8) is 0 Å². The van der Waals surface area contributed by atoms with Crippen LogP contribution in [0.3, 0.4) is 0 Å². The van der Waals surface area contributed by atoms with Gasteiger partial charge < -0.3 is 14.6 Å². The summed E-state index contributed by atoms with van der Waals surface area (Å²) in [5.74, 6) is 0.499. The number of hydrogen-bond donors (Lipinski definition) is 1. The van der Waals surface area contributed by atoms with Gasteiger partial charge in [-0.1, -0.05) is 0 Å². The number of ether oxygens (including phenoxy) is 1. The smallest absolute Gasteiger partial charge is 0.251 e. The second-order valence-corrected chi connectivity index (χ2v) is 5.42. The molecule has 0 atom stereocenters. The summed E-state index contributed by atoms with van der Waals surface area (Å²) < 4.78 is 5.29. The minimum atomic E-state index is -0.235. The van der Waals surface area contributed by atoms with Gasteiger partial charge in [0.25, 0.3) is 5.56 Å². The Bertz CT molecular complexity index is 690. The van der Waals surface area contributed by atoms with Gasteiger partial charge in [-0.2, -0.15) is 15.0 Å². The quantitative estimate of drug-likeness (QED) is 0.819. The minimum absolute atomic E-state index is 0.104. The number of rotatable bonds is 3. The topological polar surface area (TPSA) is 96.9 Å². The van der Waals surface area contributed by atoms with Gasteiger partial charge in [-0.25, -0.2) is 4.98 Å². The molecule has 1 saturated heterocycles. The molecule has 0 aliphatic carbocycles. The van der Waals surface area contributed by atoms with Gasteiger partial charge in [0.1, 0.15) is 0 Å².